The lowest BCUT2D eigenvalue weighted by Crippen LogP contribution is -2.25. The molecule has 3 heteroatoms. The number of carbonyl (C=O) groups excluding carboxylic acids is 2. The van der Waals surface area contributed by atoms with E-state index in [1.54, 1.807) is 18.2 Å². The molecule has 0 amide bonds. The van der Waals surface area contributed by atoms with Gasteiger partial charge in [-0.15, -0.1) is 0 Å². The van der Waals surface area contributed by atoms with Crippen molar-refractivity contribution in [1.82, 2.24) is 0 Å². The van der Waals surface area contributed by atoms with E-state index in [4.69, 9.17) is 4.74 Å². The molecule has 0 saturated heterocycles. The van der Waals surface area contributed by atoms with E-state index >= 15 is 0 Å². The molecule has 0 N–H and O–H groups in total. The standard InChI is InChI=1S/C11H14O3/c1-8(2)7-14-11(13)9-5-3-4-6-10(9)12/h3-6,8-9H,7H2,1-2H3. The van der Waals surface area contributed by atoms with Crippen molar-refractivity contribution in [3.8, 4) is 0 Å². The van der Waals surface area contributed by atoms with Crippen LogP contribution in [0.4, 0.5) is 0 Å². The lowest BCUT2D eigenvalue weighted by Gasteiger charge is -2.12. The predicted octanol–water partition coefficient (Wildman–Crippen LogP) is 1.50. The predicted molar refractivity (Wildman–Crippen MR) is 52.6 cm³/mol. The zero-order valence-corrected chi connectivity index (χ0v) is 8.40. The Labute approximate surface area is 83.4 Å². The summed E-state index contributed by atoms with van der Waals surface area (Å²) in [5, 5.41) is 0. The zero-order valence-electron chi connectivity index (χ0n) is 8.40. The minimum Gasteiger partial charge on any atom is -0.465 e. The minimum atomic E-state index is -0.737. The normalized spacial score (nSPS) is 20.2. The molecule has 1 atom stereocenters. The lowest BCUT2D eigenvalue weighted by atomic mass is 10.00. The van der Waals surface area contributed by atoms with E-state index in [0.29, 0.717) is 6.61 Å². The fourth-order valence-electron chi connectivity index (χ4n) is 1.06. The Hall–Kier alpha value is -1.38. The van der Waals surface area contributed by atoms with E-state index < -0.39 is 11.9 Å². The highest BCUT2D eigenvalue weighted by molar-refractivity contribution is 6.07. The molecule has 0 aromatic rings. The molecule has 0 aromatic carbocycles. The van der Waals surface area contributed by atoms with Crippen LogP contribution in [0.3, 0.4) is 0 Å². The maximum atomic E-state index is 11.4. The Morgan fingerprint density at radius 3 is 2.79 bits per heavy atom. The van der Waals surface area contributed by atoms with Gasteiger partial charge >= 0.3 is 5.97 Å². The molecule has 1 aliphatic rings. The van der Waals surface area contributed by atoms with E-state index in [2.05, 4.69) is 0 Å². The summed E-state index contributed by atoms with van der Waals surface area (Å²) in [6.45, 7) is 4.26. The number of ketones is 1. The highest BCUT2D eigenvalue weighted by Crippen LogP contribution is 2.10. The van der Waals surface area contributed by atoms with Gasteiger partial charge in [-0.05, 0) is 12.0 Å². The Bertz CT molecular complexity index is 287. The SMILES string of the molecule is CC(C)COC(=O)C1C=CC=CC1=O. The van der Waals surface area contributed by atoms with Crippen LogP contribution in [0.5, 0.6) is 0 Å². The Kier molecular flexibility index (Phi) is 3.63. The Balaban J connectivity index is 2.49. The average Bonchev–Trinajstić information content (AvgIpc) is 2.15. The lowest BCUT2D eigenvalue weighted by molar-refractivity contribution is -0.150. The second kappa shape index (κ2) is 4.74. The van der Waals surface area contributed by atoms with Crippen LogP contribution in [0.1, 0.15) is 13.8 Å². The van der Waals surface area contributed by atoms with Gasteiger partial charge in [-0.1, -0.05) is 32.1 Å². The van der Waals surface area contributed by atoms with Crippen molar-refractivity contribution >= 4 is 11.8 Å². The van der Waals surface area contributed by atoms with Gasteiger partial charge in [-0.3, -0.25) is 9.59 Å². The number of hydrogen-bond donors (Lipinski definition) is 0. The topological polar surface area (TPSA) is 43.4 Å². The molecule has 0 aromatic heterocycles. The van der Waals surface area contributed by atoms with Gasteiger partial charge in [0.05, 0.1) is 6.61 Å². The smallest absolute Gasteiger partial charge is 0.320 e. The highest BCUT2D eigenvalue weighted by Gasteiger charge is 2.24. The molecule has 0 aliphatic heterocycles. The van der Waals surface area contributed by atoms with Crippen LogP contribution < -0.4 is 0 Å². The first-order chi connectivity index (χ1) is 6.61. The third kappa shape index (κ3) is 2.83. The van der Waals surface area contributed by atoms with Gasteiger partial charge < -0.3 is 4.74 Å². The summed E-state index contributed by atoms with van der Waals surface area (Å²) in [4.78, 5) is 22.6. The summed E-state index contributed by atoms with van der Waals surface area (Å²) >= 11 is 0. The summed E-state index contributed by atoms with van der Waals surface area (Å²) in [6.07, 6.45) is 6.25. The van der Waals surface area contributed by atoms with E-state index in [1.165, 1.54) is 6.08 Å². The van der Waals surface area contributed by atoms with Gasteiger partial charge in [0.1, 0.15) is 5.92 Å². The van der Waals surface area contributed by atoms with Crippen molar-refractivity contribution in [1.29, 1.82) is 0 Å². The quantitative estimate of drug-likeness (QED) is 0.505. The largest absolute Gasteiger partial charge is 0.465 e. The molecule has 0 bridgehead atoms. The van der Waals surface area contributed by atoms with Gasteiger partial charge in [0, 0.05) is 0 Å². The van der Waals surface area contributed by atoms with Crippen molar-refractivity contribution < 1.29 is 14.3 Å². The fourth-order valence-corrected chi connectivity index (χ4v) is 1.06. The van der Waals surface area contributed by atoms with E-state index in [-0.39, 0.29) is 11.7 Å². The maximum Gasteiger partial charge on any atom is 0.320 e. The zero-order chi connectivity index (χ0) is 10.6. The molecular formula is C11H14O3. The monoisotopic (exact) mass is 194 g/mol. The second-order valence-corrected chi connectivity index (χ2v) is 3.65. The van der Waals surface area contributed by atoms with E-state index in [9.17, 15) is 9.59 Å². The van der Waals surface area contributed by atoms with Crippen LogP contribution in [0.25, 0.3) is 0 Å². The number of ether oxygens (including phenoxy) is 1. The van der Waals surface area contributed by atoms with Crippen LogP contribution in [0, 0.1) is 11.8 Å². The van der Waals surface area contributed by atoms with Crippen molar-refractivity contribution in [2.45, 2.75) is 13.8 Å². The average molecular weight is 194 g/mol. The summed E-state index contributed by atoms with van der Waals surface area (Å²) in [7, 11) is 0. The van der Waals surface area contributed by atoms with Gasteiger partial charge in [-0.25, -0.2) is 0 Å². The summed E-state index contributed by atoms with van der Waals surface area (Å²) < 4.78 is 4.97. The Morgan fingerprint density at radius 2 is 2.21 bits per heavy atom. The molecule has 0 heterocycles. The second-order valence-electron chi connectivity index (χ2n) is 3.65. The van der Waals surface area contributed by atoms with Crippen molar-refractivity contribution in [3.63, 3.8) is 0 Å². The summed E-state index contributed by atoms with van der Waals surface area (Å²) in [5.41, 5.74) is 0. The molecule has 0 spiro atoms. The van der Waals surface area contributed by atoms with Gasteiger partial charge in [0.25, 0.3) is 0 Å². The van der Waals surface area contributed by atoms with Gasteiger partial charge in [0.2, 0.25) is 0 Å². The van der Waals surface area contributed by atoms with Crippen molar-refractivity contribution in [2.24, 2.45) is 11.8 Å². The first-order valence-corrected chi connectivity index (χ1v) is 4.66. The number of allylic oxidation sites excluding steroid dienone is 3. The third-order valence-corrected chi connectivity index (χ3v) is 1.79. The molecule has 0 radical (unpaired) electrons. The first kappa shape index (κ1) is 10.7. The molecule has 1 unspecified atom stereocenters. The summed E-state index contributed by atoms with van der Waals surface area (Å²) in [5.74, 6) is -1.11. The molecule has 3 nitrogen and oxygen atoms in total. The number of esters is 1. The van der Waals surface area contributed by atoms with Crippen LogP contribution in [0.15, 0.2) is 24.3 Å². The van der Waals surface area contributed by atoms with Gasteiger partial charge in [-0.2, -0.15) is 0 Å². The maximum absolute atomic E-state index is 11.4. The number of hydrogen-bond acceptors (Lipinski definition) is 3. The van der Waals surface area contributed by atoms with Crippen LogP contribution >= 0.6 is 0 Å². The molecule has 76 valence electrons. The molecule has 0 fully saturated rings. The first-order valence-electron chi connectivity index (χ1n) is 4.66. The number of carbonyl (C=O) groups is 2. The van der Waals surface area contributed by atoms with Gasteiger partial charge in [0.15, 0.2) is 5.78 Å². The fraction of sp³-hybridized carbons (Fsp3) is 0.455. The van der Waals surface area contributed by atoms with E-state index in [0.717, 1.165) is 0 Å². The molecule has 0 saturated carbocycles. The van der Waals surface area contributed by atoms with E-state index in [1.807, 2.05) is 13.8 Å². The number of rotatable bonds is 3. The molecule has 1 rings (SSSR count). The molecular weight excluding hydrogens is 180 g/mol. The van der Waals surface area contributed by atoms with Crippen molar-refractivity contribution in [3.05, 3.63) is 24.3 Å². The van der Waals surface area contributed by atoms with Crippen LogP contribution in [0.2, 0.25) is 0 Å². The minimum absolute atomic E-state index is 0.207. The highest BCUT2D eigenvalue weighted by atomic mass is 16.5. The van der Waals surface area contributed by atoms with Crippen LogP contribution in [-0.4, -0.2) is 18.4 Å². The third-order valence-electron chi connectivity index (χ3n) is 1.79. The van der Waals surface area contributed by atoms with Crippen LogP contribution in [-0.2, 0) is 14.3 Å². The van der Waals surface area contributed by atoms with Crippen molar-refractivity contribution in [2.75, 3.05) is 6.61 Å². The molecule has 1 aliphatic carbocycles. The Morgan fingerprint density at radius 1 is 1.50 bits per heavy atom. The summed E-state index contributed by atoms with van der Waals surface area (Å²) in [6, 6.07) is 0. The molecule has 14 heavy (non-hydrogen) atoms.